The molecule has 0 fully saturated rings. The number of benzene rings is 1. The number of ketones is 1. The van der Waals surface area contributed by atoms with Crippen LogP contribution in [0, 0.1) is 6.92 Å². The third kappa shape index (κ3) is 1.97. The molecule has 1 aromatic heterocycles. The lowest BCUT2D eigenvalue weighted by atomic mass is 10.00. The van der Waals surface area contributed by atoms with E-state index in [1.165, 1.54) is 0 Å². The van der Waals surface area contributed by atoms with Crippen molar-refractivity contribution in [1.82, 2.24) is 4.98 Å². The highest BCUT2D eigenvalue weighted by Gasteiger charge is 2.14. The molecule has 1 heterocycles. The van der Waals surface area contributed by atoms with Crippen LogP contribution in [0.5, 0.6) is 0 Å². The number of pyridine rings is 1. The molecule has 0 N–H and O–H groups in total. The topological polar surface area (TPSA) is 30.0 Å². The number of aryl methyl sites for hydroxylation is 1. The van der Waals surface area contributed by atoms with Crippen molar-refractivity contribution < 1.29 is 4.79 Å². The minimum Gasteiger partial charge on any atom is -0.289 e. The molecule has 0 saturated heterocycles. The number of rotatable bonds is 2. The monoisotopic (exact) mass is 231 g/mol. The van der Waals surface area contributed by atoms with Gasteiger partial charge in [0.1, 0.15) is 0 Å². The van der Waals surface area contributed by atoms with Crippen LogP contribution < -0.4 is 0 Å². The van der Waals surface area contributed by atoms with E-state index in [1.807, 2.05) is 19.1 Å². The molecule has 2 aromatic rings. The summed E-state index contributed by atoms with van der Waals surface area (Å²) in [6.45, 7) is 1.88. The van der Waals surface area contributed by atoms with Gasteiger partial charge in [-0.05, 0) is 30.7 Å². The molecule has 0 saturated carbocycles. The Morgan fingerprint density at radius 1 is 1.19 bits per heavy atom. The number of nitrogens with zero attached hydrogens (tertiary/aromatic N) is 1. The average Bonchev–Trinajstić information content (AvgIpc) is 2.30. The number of halogens is 1. The Balaban J connectivity index is 2.50. The zero-order valence-electron chi connectivity index (χ0n) is 8.77. The van der Waals surface area contributed by atoms with E-state index in [-0.39, 0.29) is 5.78 Å². The van der Waals surface area contributed by atoms with E-state index in [9.17, 15) is 4.79 Å². The molecule has 2 rings (SSSR count). The van der Waals surface area contributed by atoms with Crippen LogP contribution in [0.25, 0.3) is 0 Å². The zero-order chi connectivity index (χ0) is 11.5. The first-order valence-corrected chi connectivity index (χ1v) is 5.28. The van der Waals surface area contributed by atoms with Crippen LogP contribution in [-0.2, 0) is 0 Å². The molecule has 0 unspecified atom stereocenters. The Labute approximate surface area is 98.9 Å². The number of aromatic nitrogens is 1. The van der Waals surface area contributed by atoms with Gasteiger partial charge >= 0.3 is 0 Å². The van der Waals surface area contributed by atoms with Gasteiger partial charge in [-0.3, -0.25) is 9.78 Å². The standard InChI is InChI=1S/C13H10ClNO/c1-9-3-2-4-11(14)12(9)13(16)10-5-7-15-8-6-10/h2-8H,1H3. The lowest BCUT2D eigenvalue weighted by Gasteiger charge is -2.06. The maximum absolute atomic E-state index is 12.2. The molecular formula is C13H10ClNO. The largest absolute Gasteiger partial charge is 0.289 e. The molecule has 80 valence electrons. The Morgan fingerprint density at radius 3 is 2.50 bits per heavy atom. The molecule has 3 heteroatoms. The first-order chi connectivity index (χ1) is 7.70. The normalized spacial score (nSPS) is 10.1. The third-order valence-corrected chi connectivity index (χ3v) is 2.71. The number of hydrogen-bond donors (Lipinski definition) is 0. The summed E-state index contributed by atoms with van der Waals surface area (Å²) < 4.78 is 0. The molecule has 0 aliphatic heterocycles. The molecule has 0 aliphatic rings. The zero-order valence-corrected chi connectivity index (χ0v) is 9.53. The summed E-state index contributed by atoms with van der Waals surface area (Å²) in [4.78, 5) is 16.1. The van der Waals surface area contributed by atoms with Crippen LogP contribution >= 0.6 is 11.6 Å². The summed E-state index contributed by atoms with van der Waals surface area (Å²) in [5.41, 5.74) is 2.05. The van der Waals surface area contributed by atoms with Gasteiger partial charge in [0.15, 0.2) is 5.78 Å². The van der Waals surface area contributed by atoms with Gasteiger partial charge in [-0.25, -0.2) is 0 Å². The highest BCUT2D eigenvalue weighted by Crippen LogP contribution is 2.22. The van der Waals surface area contributed by atoms with Crippen LogP contribution in [-0.4, -0.2) is 10.8 Å². The van der Waals surface area contributed by atoms with Gasteiger partial charge in [-0.15, -0.1) is 0 Å². The van der Waals surface area contributed by atoms with Crippen LogP contribution in [0.1, 0.15) is 21.5 Å². The molecular weight excluding hydrogens is 222 g/mol. The van der Waals surface area contributed by atoms with Crippen molar-refractivity contribution in [3.8, 4) is 0 Å². The van der Waals surface area contributed by atoms with Gasteiger partial charge in [0, 0.05) is 23.5 Å². The van der Waals surface area contributed by atoms with Crippen molar-refractivity contribution in [2.45, 2.75) is 6.92 Å². The summed E-state index contributed by atoms with van der Waals surface area (Å²) in [5, 5.41) is 0.488. The summed E-state index contributed by atoms with van der Waals surface area (Å²) in [6.07, 6.45) is 3.19. The molecule has 2 nitrogen and oxygen atoms in total. The number of carbonyl (C=O) groups is 1. The van der Waals surface area contributed by atoms with Gasteiger partial charge in [-0.2, -0.15) is 0 Å². The molecule has 1 aromatic carbocycles. The van der Waals surface area contributed by atoms with Crippen LogP contribution in [0.15, 0.2) is 42.7 Å². The van der Waals surface area contributed by atoms with Crippen molar-refractivity contribution in [2.75, 3.05) is 0 Å². The third-order valence-electron chi connectivity index (χ3n) is 2.39. The van der Waals surface area contributed by atoms with Crippen LogP contribution in [0.4, 0.5) is 0 Å². The molecule has 16 heavy (non-hydrogen) atoms. The van der Waals surface area contributed by atoms with E-state index in [1.54, 1.807) is 30.6 Å². The quantitative estimate of drug-likeness (QED) is 0.743. The summed E-state index contributed by atoms with van der Waals surface area (Å²) in [5.74, 6) is -0.0644. The highest BCUT2D eigenvalue weighted by atomic mass is 35.5. The first kappa shape index (κ1) is 10.8. The molecule has 0 bridgehead atoms. The molecule has 0 radical (unpaired) electrons. The second-order valence-electron chi connectivity index (χ2n) is 3.50. The minimum atomic E-state index is -0.0644. The maximum Gasteiger partial charge on any atom is 0.194 e. The summed E-state index contributed by atoms with van der Waals surface area (Å²) in [7, 11) is 0. The number of hydrogen-bond acceptors (Lipinski definition) is 2. The second kappa shape index (κ2) is 4.45. The fourth-order valence-electron chi connectivity index (χ4n) is 1.57. The number of carbonyl (C=O) groups excluding carboxylic acids is 1. The predicted octanol–water partition coefficient (Wildman–Crippen LogP) is 3.27. The van der Waals surface area contributed by atoms with E-state index in [0.717, 1.165) is 5.56 Å². The Bertz CT molecular complexity index is 502. The smallest absolute Gasteiger partial charge is 0.194 e. The highest BCUT2D eigenvalue weighted by molar-refractivity contribution is 6.35. The van der Waals surface area contributed by atoms with Crippen molar-refractivity contribution >= 4 is 17.4 Å². The van der Waals surface area contributed by atoms with Crippen molar-refractivity contribution in [3.63, 3.8) is 0 Å². The maximum atomic E-state index is 12.2. The van der Waals surface area contributed by atoms with E-state index >= 15 is 0 Å². The lowest BCUT2D eigenvalue weighted by molar-refractivity contribution is 0.103. The lowest BCUT2D eigenvalue weighted by Crippen LogP contribution is -2.04. The minimum absolute atomic E-state index is 0.0644. The predicted molar refractivity (Wildman–Crippen MR) is 63.9 cm³/mol. The Morgan fingerprint density at radius 2 is 1.88 bits per heavy atom. The van der Waals surface area contributed by atoms with Gasteiger partial charge < -0.3 is 0 Å². The van der Waals surface area contributed by atoms with E-state index in [4.69, 9.17) is 11.6 Å². The molecule has 0 amide bonds. The first-order valence-electron chi connectivity index (χ1n) is 4.90. The summed E-state index contributed by atoms with van der Waals surface area (Å²) in [6, 6.07) is 8.81. The van der Waals surface area contributed by atoms with Gasteiger partial charge in [-0.1, -0.05) is 23.7 Å². The van der Waals surface area contributed by atoms with Gasteiger partial charge in [0.25, 0.3) is 0 Å². The molecule has 0 aliphatic carbocycles. The van der Waals surface area contributed by atoms with Gasteiger partial charge in [0.05, 0.1) is 5.02 Å². The van der Waals surface area contributed by atoms with Gasteiger partial charge in [0.2, 0.25) is 0 Å². The molecule has 0 atom stereocenters. The van der Waals surface area contributed by atoms with Crippen molar-refractivity contribution in [1.29, 1.82) is 0 Å². The van der Waals surface area contributed by atoms with Crippen molar-refractivity contribution in [2.24, 2.45) is 0 Å². The average molecular weight is 232 g/mol. The second-order valence-corrected chi connectivity index (χ2v) is 3.90. The molecule has 0 spiro atoms. The SMILES string of the molecule is Cc1cccc(Cl)c1C(=O)c1ccncc1. The van der Waals surface area contributed by atoms with E-state index in [0.29, 0.717) is 16.1 Å². The fraction of sp³-hybridized carbons (Fsp3) is 0.0769. The fourth-order valence-corrected chi connectivity index (χ4v) is 1.87. The summed E-state index contributed by atoms with van der Waals surface area (Å²) >= 11 is 6.04. The van der Waals surface area contributed by atoms with E-state index < -0.39 is 0 Å². The van der Waals surface area contributed by atoms with Crippen LogP contribution in [0.2, 0.25) is 5.02 Å². The Kier molecular flexibility index (Phi) is 3.02. The van der Waals surface area contributed by atoms with Crippen LogP contribution in [0.3, 0.4) is 0 Å². The Hall–Kier alpha value is -1.67. The van der Waals surface area contributed by atoms with E-state index in [2.05, 4.69) is 4.98 Å². The van der Waals surface area contributed by atoms with Crippen molar-refractivity contribution in [3.05, 3.63) is 64.4 Å².